The Morgan fingerprint density at radius 1 is 1.25 bits per heavy atom. The highest BCUT2D eigenvalue weighted by atomic mass is 19.1. The molecular weight excluding hydrogens is 209 g/mol. The summed E-state index contributed by atoms with van der Waals surface area (Å²) < 4.78 is 23.7. The van der Waals surface area contributed by atoms with Crippen molar-refractivity contribution in [2.45, 2.75) is 26.4 Å². The molecule has 0 saturated carbocycles. The Balaban J connectivity index is 2.40. The molecule has 0 spiro atoms. The maximum atomic E-state index is 12.9. The van der Waals surface area contributed by atoms with Gasteiger partial charge in [0.2, 0.25) is 0 Å². The van der Waals surface area contributed by atoms with Crippen LogP contribution < -0.4 is 10.5 Å². The van der Waals surface area contributed by atoms with Gasteiger partial charge in [-0.2, -0.15) is 0 Å². The first-order valence-corrected chi connectivity index (χ1v) is 5.20. The van der Waals surface area contributed by atoms with E-state index < -0.39 is 0 Å². The van der Waals surface area contributed by atoms with Crippen molar-refractivity contribution in [1.82, 2.24) is 0 Å². The number of benzene rings is 1. The third kappa shape index (κ3) is 4.49. The van der Waals surface area contributed by atoms with Crippen LogP contribution in [0.1, 0.15) is 20.8 Å². The highest BCUT2D eigenvalue weighted by Gasteiger charge is 2.09. The van der Waals surface area contributed by atoms with Crippen LogP contribution in [0.3, 0.4) is 0 Å². The van der Waals surface area contributed by atoms with Gasteiger partial charge in [0.25, 0.3) is 0 Å². The van der Waals surface area contributed by atoms with E-state index in [-0.39, 0.29) is 11.4 Å². The minimum Gasteiger partial charge on any atom is -0.489 e. The first-order valence-electron chi connectivity index (χ1n) is 5.20. The van der Waals surface area contributed by atoms with Gasteiger partial charge in [-0.3, -0.25) is 0 Å². The summed E-state index contributed by atoms with van der Waals surface area (Å²) >= 11 is 0. The van der Waals surface area contributed by atoms with Crippen LogP contribution in [0.15, 0.2) is 18.2 Å². The molecule has 2 N–H and O–H groups in total. The summed E-state index contributed by atoms with van der Waals surface area (Å²) in [4.78, 5) is 0. The molecular formula is C12H18FNO2. The predicted molar refractivity (Wildman–Crippen MR) is 62.0 cm³/mol. The molecule has 16 heavy (non-hydrogen) atoms. The van der Waals surface area contributed by atoms with E-state index >= 15 is 0 Å². The van der Waals surface area contributed by atoms with Crippen molar-refractivity contribution in [2.75, 3.05) is 18.9 Å². The Morgan fingerprint density at radius 2 is 1.94 bits per heavy atom. The van der Waals surface area contributed by atoms with Gasteiger partial charge >= 0.3 is 0 Å². The zero-order valence-electron chi connectivity index (χ0n) is 9.92. The van der Waals surface area contributed by atoms with Gasteiger partial charge in [0.15, 0.2) is 0 Å². The number of hydrogen-bond donors (Lipinski definition) is 1. The molecule has 0 amide bonds. The van der Waals surface area contributed by atoms with Crippen molar-refractivity contribution < 1.29 is 13.9 Å². The molecule has 1 aromatic rings. The summed E-state index contributed by atoms with van der Waals surface area (Å²) in [5.74, 6) is -0.00144. The number of rotatable bonds is 4. The molecule has 0 aromatic heterocycles. The first kappa shape index (κ1) is 12.8. The number of ether oxygens (including phenoxy) is 2. The van der Waals surface area contributed by atoms with E-state index in [0.717, 1.165) is 0 Å². The molecule has 4 heteroatoms. The number of anilines is 1. The summed E-state index contributed by atoms with van der Waals surface area (Å²) in [6.07, 6.45) is 0. The summed E-state index contributed by atoms with van der Waals surface area (Å²) in [5, 5.41) is 0. The van der Waals surface area contributed by atoms with Gasteiger partial charge in [-0.1, -0.05) is 0 Å². The molecule has 0 heterocycles. The topological polar surface area (TPSA) is 44.5 Å². The standard InChI is InChI=1S/C12H18FNO2/c1-12(2,3)16-7-6-15-11-8-9(13)4-5-10(11)14/h4-5,8H,6-7,14H2,1-3H3. The second-order valence-corrected chi connectivity index (χ2v) is 4.49. The maximum Gasteiger partial charge on any atom is 0.145 e. The Hall–Kier alpha value is -1.29. The van der Waals surface area contributed by atoms with Crippen molar-refractivity contribution in [3.63, 3.8) is 0 Å². The number of halogens is 1. The Morgan fingerprint density at radius 3 is 2.56 bits per heavy atom. The van der Waals surface area contributed by atoms with Crippen molar-refractivity contribution in [3.05, 3.63) is 24.0 Å². The lowest BCUT2D eigenvalue weighted by atomic mass is 10.2. The van der Waals surface area contributed by atoms with Gasteiger partial charge in [-0.05, 0) is 32.9 Å². The summed E-state index contributed by atoms with van der Waals surface area (Å²) in [5.41, 5.74) is 5.86. The van der Waals surface area contributed by atoms with Gasteiger partial charge in [-0.15, -0.1) is 0 Å². The fraction of sp³-hybridized carbons (Fsp3) is 0.500. The van der Waals surface area contributed by atoms with Crippen LogP contribution in [0.4, 0.5) is 10.1 Å². The van der Waals surface area contributed by atoms with Gasteiger partial charge in [0.1, 0.15) is 18.2 Å². The van der Waals surface area contributed by atoms with E-state index in [1.807, 2.05) is 20.8 Å². The SMILES string of the molecule is CC(C)(C)OCCOc1cc(F)ccc1N. The van der Waals surface area contributed by atoms with Crippen LogP contribution in [0, 0.1) is 5.82 Å². The molecule has 0 aliphatic rings. The van der Waals surface area contributed by atoms with Crippen LogP contribution >= 0.6 is 0 Å². The number of nitrogen functional groups attached to an aromatic ring is 1. The molecule has 0 saturated heterocycles. The second-order valence-electron chi connectivity index (χ2n) is 4.49. The lowest BCUT2D eigenvalue weighted by molar-refractivity contribution is -0.0162. The van der Waals surface area contributed by atoms with E-state index in [4.69, 9.17) is 15.2 Å². The molecule has 1 aromatic carbocycles. The van der Waals surface area contributed by atoms with E-state index in [9.17, 15) is 4.39 Å². The van der Waals surface area contributed by atoms with Crippen LogP contribution in [-0.4, -0.2) is 18.8 Å². The van der Waals surface area contributed by atoms with E-state index in [0.29, 0.717) is 24.7 Å². The highest BCUT2D eigenvalue weighted by Crippen LogP contribution is 2.21. The minimum atomic E-state index is -0.360. The molecule has 90 valence electrons. The quantitative estimate of drug-likeness (QED) is 0.635. The molecule has 0 atom stereocenters. The van der Waals surface area contributed by atoms with E-state index in [2.05, 4.69) is 0 Å². The van der Waals surface area contributed by atoms with Gasteiger partial charge in [-0.25, -0.2) is 4.39 Å². The molecule has 0 fully saturated rings. The predicted octanol–water partition coefficient (Wildman–Crippen LogP) is 2.60. The lowest BCUT2D eigenvalue weighted by Gasteiger charge is -2.19. The molecule has 1 rings (SSSR count). The Labute approximate surface area is 95.4 Å². The second kappa shape index (κ2) is 5.16. The summed E-state index contributed by atoms with van der Waals surface area (Å²) in [6.45, 7) is 6.68. The van der Waals surface area contributed by atoms with Crippen molar-refractivity contribution in [3.8, 4) is 5.75 Å². The molecule has 0 bridgehead atoms. The van der Waals surface area contributed by atoms with Gasteiger partial charge < -0.3 is 15.2 Å². The summed E-state index contributed by atoms with van der Waals surface area (Å²) in [6, 6.07) is 4.05. The average molecular weight is 227 g/mol. The molecule has 0 aliphatic carbocycles. The first-order chi connectivity index (χ1) is 7.38. The summed E-state index contributed by atoms with van der Waals surface area (Å²) in [7, 11) is 0. The third-order valence-corrected chi connectivity index (χ3v) is 1.85. The maximum absolute atomic E-state index is 12.9. The zero-order valence-corrected chi connectivity index (χ0v) is 9.92. The fourth-order valence-electron chi connectivity index (χ4n) is 1.13. The van der Waals surface area contributed by atoms with Crippen molar-refractivity contribution in [2.24, 2.45) is 0 Å². The fourth-order valence-corrected chi connectivity index (χ4v) is 1.13. The molecule has 0 aliphatic heterocycles. The lowest BCUT2D eigenvalue weighted by Crippen LogP contribution is -2.22. The van der Waals surface area contributed by atoms with Crippen molar-refractivity contribution >= 4 is 5.69 Å². The van der Waals surface area contributed by atoms with E-state index in [1.165, 1.54) is 18.2 Å². The van der Waals surface area contributed by atoms with Gasteiger partial charge in [0.05, 0.1) is 17.9 Å². The highest BCUT2D eigenvalue weighted by molar-refractivity contribution is 5.52. The average Bonchev–Trinajstić information content (AvgIpc) is 2.16. The van der Waals surface area contributed by atoms with Crippen LogP contribution in [0.2, 0.25) is 0 Å². The van der Waals surface area contributed by atoms with Crippen molar-refractivity contribution in [1.29, 1.82) is 0 Å². The number of nitrogens with two attached hydrogens (primary N) is 1. The van der Waals surface area contributed by atoms with Crippen LogP contribution in [-0.2, 0) is 4.74 Å². The Bertz CT molecular complexity index is 347. The third-order valence-electron chi connectivity index (χ3n) is 1.85. The zero-order chi connectivity index (χ0) is 12.2. The molecule has 0 radical (unpaired) electrons. The normalized spacial score (nSPS) is 11.5. The van der Waals surface area contributed by atoms with Crippen LogP contribution in [0.5, 0.6) is 5.75 Å². The Kier molecular flexibility index (Phi) is 4.12. The number of hydrogen-bond acceptors (Lipinski definition) is 3. The van der Waals surface area contributed by atoms with E-state index in [1.54, 1.807) is 0 Å². The van der Waals surface area contributed by atoms with Crippen LogP contribution in [0.25, 0.3) is 0 Å². The monoisotopic (exact) mass is 227 g/mol. The van der Waals surface area contributed by atoms with Gasteiger partial charge in [0, 0.05) is 6.07 Å². The largest absolute Gasteiger partial charge is 0.489 e. The molecule has 3 nitrogen and oxygen atoms in total. The molecule has 0 unspecified atom stereocenters. The minimum absolute atomic E-state index is 0.198. The smallest absolute Gasteiger partial charge is 0.145 e.